The number of rotatable bonds is 11. The van der Waals surface area contributed by atoms with Crippen molar-refractivity contribution in [3.05, 3.63) is 97.0 Å². The molecule has 0 bridgehead atoms. The van der Waals surface area contributed by atoms with Gasteiger partial charge in [0.25, 0.3) is 17.7 Å². The van der Waals surface area contributed by atoms with E-state index in [2.05, 4.69) is 42.0 Å². The van der Waals surface area contributed by atoms with Crippen LogP contribution in [0.3, 0.4) is 0 Å². The fourth-order valence-electron chi connectivity index (χ4n) is 5.20. The number of nitrogens with zero attached hydrogens (tertiary/aromatic N) is 3. The van der Waals surface area contributed by atoms with Gasteiger partial charge in [-0.1, -0.05) is 40.2 Å². The van der Waals surface area contributed by atoms with Gasteiger partial charge in [-0.25, -0.2) is 10.2 Å². The van der Waals surface area contributed by atoms with Crippen molar-refractivity contribution in [2.24, 2.45) is 5.10 Å². The van der Waals surface area contributed by atoms with Gasteiger partial charge in [-0.3, -0.25) is 19.3 Å². The quantitative estimate of drug-likeness (QED) is 0.102. The molecule has 12 nitrogen and oxygen atoms in total. The maximum Gasteiger partial charge on any atom is 0.410 e. The second kappa shape index (κ2) is 17.3. The van der Waals surface area contributed by atoms with Gasteiger partial charge >= 0.3 is 6.09 Å². The average Bonchev–Trinajstić information content (AvgIpc) is 3.77. The van der Waals surface area contributed by atoms with Gasteiger partial charge in [-0.15, -0.1) is 22.7 Å². The molecule has 1 aliphatic heterocycles. The van der Waals surface area contributed by atoms with Crippen molar-refractivity contribution in [2.45, 2.75) is 39.8 Å². The van der Waals surface area contributed by atoms with Crippen molar-refractivity contribution in [2.75, 3.05) is 39.3 Å². The summed E-state index contributed by atoms with van der Waals surface area (Å²) in [4.78, 5) is 55.9. The largest absolute Gasteiger partial charge is 0.506 e. The Balaban J connectivity index is 1.03. The van der Waals surface area contributed by atoms with Gasteiger partial charge in [-0.2, -0.15) is 5.10 Å². The molecule has 5 rings (SSSR count). The molecule has 4 amide bonds. The normalized spacial score (nSPS) is 13.8. The number of carbonyl (C=O) groups excluding carboxylic acids is 4. The van der Waals surface area contributed by atoms with Crippen LogP contribution in [-0.2, 0) is 11.3 Å². The van der Waals surface area contributed by atoms with E-state index in [1.54, 1.807) is 53.6 Å². The van der Waals surface area contributed by atoms with Crippen molar-refractivity contribution in [3.8, 4) is 16.2 Å². The summed E-state index contributed by atoms with van der Waals surface area (Å²) in [5.74, 6) is -0.901. The topological polar surface area (TPSA) is 153 Å². The summed E-state index contributed by atoms with van der Waals surface area (Å²) in [6.07, 6.45) is -0.300. The molecule has 0 spiro atoms. The Morgan fingerprint density at radius 1 is 0.885 bits per heavy atom. The summed E-state index contributed by atoms with van der Waals surface area (Å²) in [5, 5.41) is 22.5. The van der Waals surface area contributed by atoms with Gasteiger partial charge in [-0.05, 0) is 75.2 Å². The van der Waals surface area contributed by atoms with E-state index in [0.717, 1.165) is 26.9 Å². The number of amides is 4. The van der Waals surface area contributed by atoms with Crippen molar-refractivity contribution >= 4 is 68.1 Å². The number of benzene rings is 2. The minimum absolute atomic E-state index is 0.0934. The Bertz CT molecular complexity index is 1930. The van der Waals surface area contributed by atoms with E-state index in [1.165, 1.54) is 11.3 Å². The highest BCUT2D eigenvalue weighted by atomic mass is 79.9. The SMILES string of the molecule is C/C(=N\NC(=O)c1ccc(C(=O)NCc2ccc(C(=O)NCCN3CCN(C(=O)OC(C)(C)C)CC3)cc2)s1)c1csc(-c2ccc(Br)cc2)c1O. The highest BCUT2D eigenvalue weighted by Crippen LogP contribution is 2.39. The highest BCUT2D eigenvalue weighted by molar-refractivity contribution is 9.10. The third-order valence-corrected chi connectivity index (χ3v) is 10.7. The molecule has 0 aliphatic carbocycles. The summed E-state index contributed by atoms with van der Waals surface area (Å²) in [7, 11) is 0. The van der Waals surface area contributed by atoms with E-state index in [1.807, 2.05) is 45.0 Å². The molecule has 52 heavy (non-hydrogen) atoms. The lowest BCUT2D eigenvalue weighted by atomic mass is 10.1. The van der Waals surface area contributed by atoms with Crippen LogP contribution < -0.4 is 16.1 Å². The number of ether oxygens (including phenoxy) is 1. The van der Waals surface area contributed by atoms with Crippen molar-refractivity contribution < 1.29 is 29.0 Å². The van der Waals surface area contributed by atoms with Crippen LogP contribution in [0.5, 0.6) is 5.75 Å². The molecule has 0 atom stereocenters. The first-order valence-corrected chi connectivity index (χ1v) is 19.1. The molecule has 2 aromatic heterocycles. The zero-order valence-corrected chi connectivity index (χ0v) is 32.5. The molecule has 1 aliphatic rings. The van der Waals surface area contributed by atoms with E-state index in [9.17, 15) is 24.3 Å². The average molecular weight is 810 g/mol. The number of aromatic hydroxyl groups is 1. The maximum atomic E-state index is 12.8. The maximum absolute atomic E-state index is 12.8. The number of nitrogens with one attached hydrogen (secondary N) is 3. The van der Waals surface area contributed by atoms with Crippen LogP contribution in [-0.4, -0.2) is 89.3 Å². The summed E-state index contributed by atoms with van der Waals surface area (Å²) in [6, 6.07) is 17.7. The minimum Gasteiger partial charge on any atom is -0.506 e. The van der Waals surface area contributed by atoms with E-state index in [0.29, 0.717) is 70.7 Å². The molecule has 3 heterocycles. The molecule has 4 N–H and O–H groups in total. The van der Waals surface area contributed by atoms with Gasteiger partial charge in [0.2, 0.25) is 0 Å². The van der Waals surface area contributed by atoms with E-state index < -0.39 is 11.5 Å². The number of halogens is 1. The highest BCUT2D eigenvalue weighted by Gasteiger charge is 2.26. The Morgan fingerprint density at radius 3 is 2.19 bits per heavy atom. The zero-order chi connectivity index (χ0) is 37.4. The lowest BCUT2D eigenvalue weighted by Crippen LogP contribution is -2.51. The van der Waals surface area contributed by atoms with Crippen molar-refractivity contribution in [3.63, 3.8) is 0 Å². The number of piperazine rings is 1. The Morgan fingerprint density at radius 2 is 1.54 bits per heavy atom. The molecule has 0 saturated carbocycles. The molecule has 274 valence electrons. The second-order valence-corrected chi connectivity index (χ2v) is 16.0. The minimum atomic E-state index is -0.524. The predicted molar refractivity (Wildman–Crippen MR) is 207 cm³/mol. The van der Waals surface area contributed by atoms with E-state index >= 15 is 0 Å². The molecule has 1 saturated heterocycles. The van der Waals surface area contributed by atoms with Crippen molar-refractivity contribution in [1.29, 1.82) is 0 Å². The number of hydrogen-bond acceptors (Lipinski definition) is 10. The van der Waals surface area contributed by atoms with Gasteiger partial charge in [0.15, 0.2) is 0 Å². The fraction of sp³-hybridized carbons (Fsp3) is 0.324. The fourth-order valence-corrected chi connectivity index (χ4v) is 7.29. The van der Waals surface area contributed by atoms with Crippen LogP contribution in [0.4, 0.5) is 4.79 Å². The first-order chi connectivity index (χ1) is 24.8. The molecule has 4 aromatic rings. The third kappa shape index (κ3) is 10.5. The lowest BCUT2D eigenvalue weighted by Gasteiger charge is -2.35. The lowest BCUT2D eigenvalue weighted by molar-refractivity contribution is 0.0146. The van der Waals surface area contributed by atoms with Gasteiger partial charge in [0.05, 0.1) is 25.9 Å². The standard InChI is InChI=1S/C37H41BrN6O6S2/c1-23(28-22-51-32(31(28)45)25-9-11-27(38)12-10-25)41-42-35(48)30-14-13-29(52-30)34(47)40-21-24-5-7-26(8-6-24)33(46)39-15-16-43-17-19-44(20-18-43)36(49)50-37(2,3)4/h5-14,22,45H,15-21H2,1-4H3,(H,39,46)(H,40,47)(H,42,48)/b41-23+. The van der Waals surface area contributed by atoms with Gasteiger partial charge in [0, 0.05) is 61.2 Å². The Labute approximate surface area is 319 Å². The van der Waals surface area contributed by atoms with Crippen LogP contribution in [0.25, 0.3) is 10.4 Å². The Hall–Kier alpha value is -4.57. The molecule has 1 fully saturated rings. The zero-order valence-electron chi connectivity index (χ0n) is 29.3. The molecule has 0 radical (unpaired) electrons. The van der Waals surface area contributed by atoms with Crippen LogP contribution in [0.15, 0.2) is 75.6 Å². The number of carbonyl (C=O) groups is 4. The Kier molecular flexibility index (Phi) is 12.9. The van der Waals surface area contributed by atoms with E-state index in [-0.39, 0.29) is 30.2 Å². The van der Waals surface area contributed by atoms with Crippen LogP contribution >= 0.6 is 38.6 Å². The van der Waals surface area contributed by atoms with Crippen molar-refractivity contribution in [1.82, 2.24) is 25.9 Å². The van der Waals surface area contributed by atoms with E-state index in [4.69, 9.17) is 4.74 Å². The molecular weight excluding hydrogens is 768 g/mol. The smallest absolute Gasteiger partial charge is 0.410 e. The predicted octanol–water partition coefficient (Wildman–Crippen LogP) is 6.31. The summed E-state index contributed by atoms with van der Waals surface area (Å²) in [6.45, 7) is 11.2. The monoisotopic (exact) mass is 808 g/mol. The summed E-state index contributed by atoms with van der Waals surface area (Å²) < 4.78 is 6.38. The first-order valence-electron chi connectivity index (χ1n) is 16.6. The third-order valence-electron chi connectivity index (χ3n) is 8.05. The molecule has 15 heteroatoms. The summed E-state index contributed by atoms with van der Waals surface area (Å²) >= 11 is 5.84. The number of hydrogen-bond donors (Lipinski definition) is 4. The van der Waals surface area contributed by atoms with Gasteiger partial charge in [0.1, 0.15) is 11.4 Å². The number of hydrazone groups is 1. The summed E-state index contributed by atoms with van der Waals surface area (Å²) in [5.41, 5.74) is 5.14. The molecule has 2 aromatic carbocycles. The first kappa shape index (κ1) is 38.7. The van der Waals surface area contributed by atoms with Crippen LogP contribution in [0, 0.1) is 0 Å². The molecular formula is C37H41BrN6O6S2. The molecule has 0 unspecified atom stereocenters. The van der Waals surface area contributed by atoms with Crippen LogP contribution in [0.1, 0.15) is 68.5 Å². The number of thiophene rings is 2. The van der Waals surface area contributed by atoms with Crippen LogP contribution in [0.2, 0.25) is 0 Å². The second-order valence-electron chi connectivity index (χ2n) is 13.1. The van der Waals surface area contributed by atoms with Gasteiger partial charge < -0.3 is 25.4 Å².